The van der Waals surface area contributed by atoms with Gasteiger partial charge in [0, 0.05) is 60.4 Å². The first-order chi connectivity index (χ1) is 19.9. The van der Waals surface area contributed by atoms with Crippen molar-refractivity contribution >= 4 is 40.0 Å². The molecule has 3 aromatic rings. The predicted molar refractivity (Wildman–Crippen MR) is 161 cm³/mol. The van der Waals surface area contributed by atoms with E-state index in [4.69, 9.17) is 17.3 Å². The highest BCUT2D eigenvalue weighted by Gasteiger charge is 2.61. The van der Waals surface area contributed by atoms with Gasteiger partial charge in [-0.3, -0.25) is 14.2 Å². The summed E-state index contributed by atoms with van der Waals surface area (Å²) >= 11 is 6.32. The molecule has 1 aromatic carbocycles. The highest BCUT2D eigenvalue weighted by Crippen LogP contribution is 2.53. The van der Waals surface area contributed by atoms with Crippen molar-refractivity contribution in [2.24, 2.45) is 23.5 Å². The lowest BCUT2D eigenvalue weighted by atomic mass is 9.98. The van der Waals surface area contributed by atoms with E-state index in [1.54, 1.807) is 6.07 Å². The second kappa shape index (κ2) is 10.1. The topological polar surface area (TPSA) is 84.5 Å². The number of carbonyl (C=O) groups is 2. The van der Waals surface area contributed by atoms with Gasteiger partial charge in [-0.15, -0.1) is 0 Å². The Labute approximate surface area is 244 Å². The van der Waals surface area contributed by atoms with Gasteiger partial charge in [0.25, 0.3) is 0 Å². The Kier molecular flexibility index (Phi) is 6.35. The number of amides is 2. The van der Waals surface area contributed by atoms with E-state index >= 15 is 0 Å². The Morgan fingerprint density at radius 2 is 1.83 bits per heavy atom. The molecule has 0 radical (unpaired) electrons. The van der Waals surface area contributed by atoms with Crippen LogP contribution in [-0.2, 0) is 9.59 Å². The van der Waals surface area contributed by atoms with Crippen molar-refractivity contribution in [3.63, 3.8) is 0 Å². The van der Waals surface area contributed by atoms with Crippen LogP contribution in [0.3, 0.4) is 0 Å². The molecule has 2 amide bonds. The molecule has 7 nitrogen and oxygen atoms in total. The Bertz CT molecular complexity index is 1650. The molecule has 0 bridgehead atoms. The van der Waals surface area contributed by atoms with Gasteiger partial charge in [0.1, 0.15) is 10.8 Å². The molecule has 208 valence electrons. The average molecular weight is 566 g/mol. The first-order valence-corrected chi connectivity index (χ1v) is 14.6. The van der Waals surface area contributed by atoms with Crippen LogP contribution in [0.25, 0.3) is 22.3 Å². The van der Waals surface area contributed by atoms with E-state index in [-0.39, 0.29) is 17.7 Å². The maximum absolute atomic E-state index is 13.3. The summed E-state index contributed by atoms with van der Waals surface area (Å²) < 4.78 is 2.12. The van der Waals surface area contributed by atoms with Crippen molar-refractivity contribution in [1.29, 1.82) is 0 Å². The van der Waals surface area contributed by atoms with Crippen LogP contribution in [-0.4, -0.2) is 57.3 Å². The zero-order valence-electron chi connectivity index (χ0n) is 22.7. The molecule has 2 aromatic heterocycles. The van der Waals surface area contributed by atoms with Gasteiger partial charge in [0.2, 0.25) is 11.8 Å². The maximum Gasteiger partial charge on any atom is 0.245 e. The van der Waals surface area contributed by atoms with Crippen LogP contribution in [0.2, 0.25) is 5.15 Å². The lowest BCUT2D eigenvalue weighted by molar-refractivity contribution is -0.134. The SMILES string of the molecule is C=CC(=O)N1C[C@@H]2C(C(=O)N3CC[C@H](c4ccc(-n5c(C6=CC=CCC=C6N)cc6ccc(Cl)nc65)cc4)C3)[C@@H]2C1. The molecule has 41 heavy (non-hydrogen) atoms. The summed E-state index contributed by atoms with van der Waals surface area (Å²) in [6.07, 6.45) is 11.3. The van der Waals surface area contributed by atoms with Crippen LogP contribution in [0.1, 0.15) is 30.0 Å². The zero-order valence-corrected chi connectivity index (χ0v) is 23.5. The quantitative estimate of drug-likeness (QED) is 0.346. The van der Waals surface area contributed by atoms with Crippen molar-refractivity contribution in [2.45, 2.75) is 18.8 Å². The van der Waals surface area contributed by atoms with E-state index in [1.807, 2.05) is 34.1 Å². The number of nitrogens with zero attached hydrogens (tertiary/aromatic N) is 4. The van der Waals surface area contributed by atoms with Crippen molar-refractivity contribution in [1.82, 2.24) is 19.4 Å². The normalized spacial score (nSPS) is 25.1. The molecule has 4 heterocycles. The van der Waals surface area contributed by atoms with Crippen LogP contribution >= 0.6 is 11.6 Å². The van der Waals surface area contributed by atoms with E-state index in [0.717, 1.165) is 59.6 Å². The highest BCUT2D eigenvalue weighted by atomic mass is 35.5. The molecule has 0 spiro atoms. The number of halogens is 1. The molecule has 2 saturated heterocycles. The van der Waals surface area contributed by atoms with Gasteiger partial charge in [-0.05, 0) is 66.6 Å². The highest BCUT2D eigenvalue weighted by molar-refractivity contribution is 6.29. The van der Waals surface area contributed by atoms with E-state index in [9.17, 15) is 9.59 Å². The van der Waals surface area contributed by atoms with Gasteiger partial charge in [-0.2, -0.15) is 0 Å². The molecular formula is C33H32ClN5O2. The fourth-order valence-electron chi connectivity index (χ4n) is 6.93. The second-order valence-electron chi connectivity index (χ2n) is 11.5. The number of hydrogen-bond acceptors (Lipinski definition) is 4. The molecule has 2 aliphatic heterocycles. The van der Waals surface area contributed by atoms with E-state index in [0.29, 0.717) is 36.0 Å². The van der Waals surface area contributed by atoms with Gasteiger partial charge < -0.3 is 15.5 Å². The molecule has 2 aliphatic carbocycles. The van der Waals surface area contributed by atoms with Crippen LogP contribution in [0.5, 0.6) is 0 Å². The summed E-state index contributed by atoms with van der Waals surface area (Å²) in [5, 5.41) is 1.43. The monoisotopic (exact) mass is 565 g/mol. The number of benzene rings is 1. The molecule has 3 fully saturated rings. The number of pyridine rings is 1. The number of hydrogen-bond donors (Lipinski definition) is 1. The standard InChI is InChI=1S/C33H32ClN5O2/c1-2-30(40)38-18-25-26(19-38)31(25)33(41)37-15-14-22(17-37)20-8-11-23(12-9-20)39-28(24-6-4-3-5-7-27(24)35)16-21-10-13-29(34)36-32(21)39/h2-4,6-13,16,22,25-26,31H,1,5,14-15,17-19,35H2/t22-,25-,26+,31?/m0/s1. The summed E-state index contributed by atoms with van der Waals surface area (Å²) in [5.74, 6) is 1.20. The first-order valence-electron chi connectivity index (χ1n) is 14.2. The third-order valence-electron chi connectivity index (χ3n) is 9.16. The van der Waals surface area contributed by atoms with Gasteiger partial charge in [-0.25, -0.2) is 4.98 Å². The van der Waals surface area contributed by atoms with Crippen LogP contribution < -0.4 is 5.73 Å². The van der Waals surface area contributed by atoms with Gasteiger partial charge in [0.05, 0.1) is 5.69 Å². The lowest BCUT2D eigenvalue weighted by Crippen LogP contribution is -2.36. The minimum atomic E-state index is -0.0327. The van der Waals surface area contributed by atoms with Gasteiger partial charge in [0.15, 0.2) is 0 Å². The molecule has 2 N–H and O–H groups in total. The fraction of sp³-hybridized carbons (Fsp3) is 0.303. The van der Waals surface area contributed by atoms with Crippen molar-refractivity contribution in [2.75, 3.05) is 26.2 Å². The summed E-state index contributed by atoms with van der Waals surface area (Å²) in [7, 11) is 0. The van der Waals surface area contributed by atoms with Crippen molar-refractivity contribution in [3.05, 3.63) is 102 Å². The number of aromatic nitrogens is 2. The molecule has 1 saturated carbocycles. The molecular weight excluding hydrogens is 534 g/mol. The molecule has 1 unspecified atom stereocenters. The Balaban J connectivity index is 1.11. The van der Waals surface area contributed by atoms with E-state index in [2.05, 4.69) is 52.5 Å². The maximum atomic E-state index is 13.3. The Morgan fingerprint density at radius 1 is 1.05 bits per heavy atom. The molecule has 7 rings (SSSR count). The number of piperidine rings is 1. The summed E-state index contributed by atoms with van der Waals surface area (Å²) in [6.45, 7) is 6.44. The van der Waals surface area contributed by atoms with Crippen molar-refractivity contribution < 1.29 is 9.59 Å². The third-order valence-corrected chi connectivity index (χ3v) is 9.37. The van der Waals surface area contributed by atoms with Crippen molar-refractivity contribution in [3.8, 4) is 5.69 Å². The van der Waals surface area contributed by atoms with Gasteiger partial charge >= 0.3 is 0 Å². The smallest absolute Gasteiger partial charge is 0.245 e. The predicted octanol–water partition coefficient (Wildman–Crippen LogP) is 5.07. The molecule has 4 atom stereocenters. The number of rotatable bonds is 5. The minimum absolute atomic E-state index is 0.0327. The summed E-state index contributed by atoms with van der Waals surface area (Å²) in [4.78, 5) is 33.7. The number of fused-ring (bicyclic) bond motifs is 2. The first kappa shape index (κ1) is 25.8. The number of allylic oxidation sites excluding steroid dienone is 5. The zero-order chi connectivity index (χ0) is 28.2. The van der Waals surface area contributed by atoms with Crippen LogP contribution in [0.15, 0.2) is 85.1 Å². The van der Waals surface area contributed by atoms with E-state index < -0.39 is 0 Å². The second-order valence-corrected chi connectivity index (χ2v) is 11.9. The molecule has 4 aliphatic rings. The minimum Gasteiger partial charge on any atom is -0.398 e. The third kappa shape index (κ3) is 4.49. The Hall–Kier alpha value is -4.10. The Morgan fingerprint density at radius 3 is 2.59 bits per heavy atom. The largest absolute Gasteiger partial charge is 0.398 e. The lowest BCUT2D eigenvalue weighted by Gasteiger charge is -2.21. The average Bonchev–Trinajstić information content (AvgIpc) is 3.32. The number of nitrogens with two attached hydrogens (primary N) is 1. The van der Waals surface area contributed by atoms with Crippen LogP contribution in [0, 0.1) is 17.8 Å². The fourth-order valence-corrected chi connectivity index (χ4v) is 7.07. The number of carbonyl (C=O) groups excluding carboxylic acids is 2. The molecule has 8 heteroatoms. The number of likely N-dealkylation sites (tertiary alicyclic amines) is 2. The van der Waals surface area contributed by atoms with E-state index in [1.165, 1.54) is 11.6 Å². The van der Waals surface area contributed by atoms with Crippen LogP contribution in [0.4, 0.5) is 0 Å². The summed E-state index contributed by atoms with van der Waals surface area (Å²) in [6, 6.07) is 14.5. The summed E-state index contributed by atoms with van der Waals surface area (Å²) in [5.41, 5.74) is 12.1. The van der Waals surface area contributed by atoms with Gasteiger partial charge in [-0.1, -0.05) is 54.6 Å².